The SMILES string of the molecule is CC(=O)N1CCc2cc(NC(=O)c3ccc(-c4ccccc4Cl)o3)ccc21. The van der Waals surface area contributed by atoms with Crippen molar-refractivity contribution in [1.29, 1.82) is 0 Å². The Bertz CT molecular complexity index is 1040. The molecule has 1 aliphatic rings. The molecule has 0 fully saturated rings. The van der Waals surface area contributed by atoms with Crippen molar-refractivity contribution in [3.63, 3.8) is 0 Å². The molecule has 2 aromatic carbocycles. The summed E-state index contributed by atoms with van der Waals surface area (Å²) >= 11 is 6.18. The van der Waals surface area contributed by atoms with Gasteiger partial charge in [0, 0.05) is 30.4 Å². The number of halogens is 1. The molecule has 1 aromatic heterocycles. The van der Waals surface area contributed by atoms with Crippen LogP contribution in [0.1, 0.15) is 23.0 Å². The zero-order valence-electron chi connectivity index (χ0n) is 14.7. The number of amides is 2. The van der Waals surface area contributed by atoms with Gasteiger partial charge in [-0.25, -0.2) is 0 Å². The minimum atomic E-state index is -0.338. The number of hydrogen-bond acceptors (Lipinski definition) is 3. The van der Waals surface area contributed by atoms with Crippen LogP contribution in [0, 0.1) is 0 Å². The molecule has 0 atom stereocenters. The molecule has 136 valence electrons. The van der Waals surface area contributed by atoms with Crippen molar-refractivity contribution in [2.24, 2.45) is 0 Å². The zero-order valence-corrected chi connectivity index (χ0v) is 15.4. The van der Waals surface area contributed by atoms with Crippen molar-refractivity contribution >= 4 is 34.8 Å². The molecule has 2 amide bonds. The number of carbonyl (C=O) groups excluding carboxylic acids is 2. The average Bonchev–Trinajstić information content (AvgIpc) is 3.29. The lowest BCUT2D eigenvalue weighted by Gasteiger charge is -2.14. The second-order valence-corrected chi connectivity index (χ2v) is 6.77. The molecule has 0 saturated heterocycles. The van der Waals surface area contributed by atoms with Crippen LogP contribution < -0.4 is 10.2 Å². The summed E-state index contributed by atoms with van der Waals surface area (Å²) in [5.41, 5.74) is 3.35. The summed E-state index contributed by atoms with van der Waals surface area (Å²) in [5.74, 6) is 0.426. The molecule has 0 saturated carbocycles. The summed E-state index contributed by atoms with van der Waals surface area (Å²) < 4.78 is 5.68. The molecule has 0 unspecified atom stereocenters. The summed E-state index contributed by atoms with van der Waals surface area (Å²) in [5, 5.41) is 3.40. The third-order valence-electron chi connectivity index (χ3n) is 4.58. The highest BCUT2D eigenvalue weighted by Gasteiger charge is 2.22. The van der Waals surface area contributed by atoms with E-state index in [2.05, 4.69) is 5.32 Å². The van der Waals surface area contributed by atoms with Gasteiger partial charge in [0.25, 0.3) is 5.91 Å². The van der Waals surface area contributed by atoms with Gasteiger partial charge in [-0.3, -0.25) is 9.59 Å². The van der Waals surface area contributed by atoms with Crippen molar-refractivity contribution in [2.45, 2.75) is 13.3 Å². The van der Waals surface area contributed by atoms with Gasteiger partial charge in [-0.2, -0.15) is 0 Å². The maximum Gasteiger partial charge on any atom is 0.291 e. The Hall–Kier alpha value is -3.05. The second kappa shape index (κ2) is 6.93. The minimum Gasteiger partial charge on any atom is -0.451 e. The molecule has 0 spiro atoms. The van der Waals surface area contributed by atoms with Gasteiger partial charge in [0.05, 0.1) is 5.02 Å². The van der Waals surface area contributed by atoms with Crippen LogP contribution in [0.5, 0.6) is 0 Å². The van der Waals surface area contributed by atoms with Crippen LogP contribution in [0.4, 0.5) is 11.4 Å². The lowest BCUT2D eigenvalue weighted by Crippen LogP contribution is -2.25. The van der Waals surface area contributed by atoms with Gasteiger partial charge in [0.2, 0.25) is 5.91 Å². The number of benzene rings is 2. The molecule has 5 nitrogen and oxygen atoms in total. The molecule has 0 radical (unpaired) electrons. The molecule has 0 aliphatic carbocycles. The number of fused-ring (bicyclic) bond motifs is 1. The van der Waals surface area contributed by atoms with E-state index in [0.29, 0.717) is 23.0 Å². The highest BCUT2D eigenvalue weighted by atomic mass is 35.5. The molecule has 1 N–H and O–H groups in total. The fourth-order valence-corrected chi connectivity index (χ4v) is 3.49. The third kappa shape index (κ3) is 3.34. The van der Waals surface area contributed by atoms with E-state index in [-0.39, 0.29) is 17.6 Å². The molecule has 2 heterocycles. The predicted octanol–water partition coefficient (Wildman–Crippen LogP) is 4.76. The predicted molar refractivity (Wildman–Crippen MR) is 105 cm³/mol. The topological polar surface area (TPSA) is 62.6 Å². The second-order valence-electron chi connectivity index (χ2n) is 6.36. The lowest BCUT2D eigenvalue weighted by molar-refractivity contribution is -0.116. The summed E-state index contributed by atoms with van der Waals surface area (Å²) in [6.45, 7) is 2.22. The van der Waals surface area contributed by atoms with Gasteiger partial charge in [0.1, 0.15) is 5.76 Å². The summed E-state index contributed by atoms with van der Waals surface area (Å²) in [4.78, 5) is 25.9. The Morgan fingerprint density at radius 2 is 1.93 bits per heavy atom. The van der Waals surface area contributed by atoms with E-state index in [1.165, 1.54) is 0 Å². The first-order valence-electron chi connectivity index (χ1n) is 8.60. The number of nitrogens with zero attached hydrogens (tertiary/aromatic N) is 1. The normalized spacial score (nSPS) is 12.7. The number of furan rings is 1. The molecule has 6 heteroatoms. The van der Waals surface area contributed by atoms with Crippen molar-refractivity contribution in [1.82, 2.24) is 0 Å². The van der Waals surface area contributed by atoms with Gasteiger partial charge in [-0.1, -0.05) is 23.7 Å². The van der Waals surface area contributed by atoms with Crippen molar-refractivity contribution in [3.05, 3.63) is 70.9 Å². The maximum atomic E-state index is 12.5. The van der Waals surface area contributed by atoms with Crippen LogP contribution in [0.2, 0.25) is 5.02 Å². The van der Waals surface area contributed by atoms with E-state index in [4.69, 9.17) is 16.0 Å². The van der Waals surface area contributed by atoms with Crippen LogP contribution in [-0.4, -0.2) is 18.4 Å². The van der Waals surface area contributed by atoms with E-state index in [9.17, 15) is 9.59 Å². The Labute approximate surface area is 161 Å². The Morgan fingerprint density at radius 1 is 1.11 bits per heavy atom. The minimum absolute atomic E-state index is 0.0215. The third-order valence-corrected chi connectivity index (χ3v) is 4.91. The van der Waals surface area contributed by atoms with Crippen molar-refractivity contribution in [2.75, 3.05) is 16.8 Å². The first kappa shape index (κ1) is 17.4. The van der Waals surface area contributed by atoms with Gasteiger partial charge in [-0.05, 0) is 54.4 Å². The number of anilines is 2. The molecular weight excluding hydrogens is 364 g/mol. The van der Waals surface area contributed by atoms with E-state index >= 15 is 0 Å². The van der Waals surface area contributed by atoms with Gasteiger partial charge in [-0.15, -0.1) is 0 Å². The van der Waals surface area contributed by atoms with E-state index in [1.54, 1.807) is 36.1 Å². The number of rotatable bonds is 3. The highest BCUT2D eigenvalue weighted by molar-refractivity contribution is 6.33. The van der Waals surface area contributed by atoms with E-state index in [1.807, 2.05) is 30.3 Å². The van der Waals surface area contributed by atoms with E-state index < -0.39 is 0 Å². The Kier molecular flexibility index (Phi) is 4.46. The molecule has 0 bridgehead atoms. The van der Waals surface area contributed by atoms with Crippen LogP contribution in [0.15, 0.2) is 59.0 Å². The maximum absolute atomic E-state index is 12.5. The average molecular weight is 381 g/mol. The summed E-state index contributed by atoms with van der Waals surface area (Å²) in [6, 6.07) is 16.2. The number of nitrogens with one attached hydrogen (secondary N) is 1. The smallest absolute Gasteiger partial charge is 0.291 e. The fourth-order valence-electron chi connectivity index (χ4n) is 3.27. The molecule has 27 heavy (non-hydrogen) atoms. The molecular formula is C21H17ClN2O3. The standard InChI is InChI=1S/C21H17ClN2O3/c1-13(25)24-11-10-14-12-15(6-7-18(14)24)23-21(26)20-9-8-19(27-20)16-4-2-3-5-17(16)22/h2-9,12H,10-11H2,1H3,(H,23,26). The zero-order chi connectivity index (χ0) is 19.0. The lowest BCUT2D eigenvalue weighted by atomic mass is 10.1. The summed E-state index contributed by atoms with van der Waals surface area (Å²) in [6.07, 6.45) is 0.774. The first-order valence-corrected chi connectivity index (χ1v) is 8.98. The van der Waals surface area contributed by atoms with Crippen LogP contribution in [0.25, 0.3) is 11.3 Å². The van der Waals surface area contributed by atoms with Crippen LogP contribution in [-0.2, 0) is 11.2 Å². The molecule has 3 aromatic rings. The van der Waals surface area contributed by atoms with E-state index in [0.717, 1.165) is 23.2 Å². The number of hydrogen-bond donors (Lipinski definition) is 1. The van der Waals surface area contributed by atoms with Gasteiger partial charge >= 0.3 is 0 Å². The van der Waals surface area contributed by atoms with Crippen molar-refractivity contribution in [3.8, 4) is 11.3 Å². The Balaban J connectivity index is 1.52. The first-order chi connectivity index (χ1) is 13.0. The largest absolute Gasteiger partial charge is 0.451 e. The van der Waals surface area contributed by atoms with Gasteiger partial charge in [0.15, 0.2) is 5.76 Å². The highest BCUT2D eigenvalue weighted by Crippen LogP contribution is 2.31. The number of carbonyl (C=O) groups is 2. The van der Waals surface area contributed by atoms with Crippen LogP contribution >= 0.6 is 11.6 Å². The monoisotopic (exact) mass is 380 g/mol. The Morgan fingerprint density at radius 3 is 2.70 bits per heavy atom. The summed E-state index contributed by atoms with van der Waals surface area (Å²) in [7, 11) is 0. The van der Waals surface area contributed by atoms with Crippen molar-refractivity contribution < 1.29 is 14.0 Å². The molecule has 4 rings (SSSR count). The van der Waals surface area contributed by atoms with Gasteiger partial charge < -0.3 is 14.6 Å². The van der Waals surface area contributed by atoms with Crippen LogP contribution in [0.3, 0.4) is 0 Å². The fraction of sp³-hybridized carbons (Fsp3) is 0.143. The molecule has 1 aliphatic heterocycles. The quantitative estimate of drug-likeness (QED) is 0.712.